The van der Waals surface area contributed by atoms with Crippen LogP contribution in [0, 0.1) is 0 Å². The smallest absolute Gasteiger partial charge is 0.316 e. The van der Waals surface area contributed by atoms with Crippen molar-refractivity contribution < 1.29 is 9.53 Å². The number of ether oxygens (including phenoxy) is 1. The minimum atomic E-state index is -0.669. The molecule has 128 valence electrons. The molecule has 2 aromatic carbocycles. The first-order valence-electron chi connectivity index (χ1n) is 8.59. The third-order valence-electron chi connectivity index (χ3n) is 4.37. The highest BCUT2D eigenvalue weighted by Gasteiger charge is 2.41. The van der Waals surface area contributed by atoms with Gasteiger partial charge in [-0.2, -0.15) is 0 Å². The second-order valence-electron chi connectivity index (χ2n) is 6.08. The zero-order valence-corrected chi connectivity index (χ0v) is 15.2. The highest BCUT2D eigenvalue weighted by atomic mass is 35.5. The molecule has 0 aliphatic rings. The summed E-state index contributed by atoms with van der Waals surface area (Å²) in [6, 6.07) is 17.7. The Bertz CT molecular complexity index is 637. The maximum absolute atomic E-state index is 13.0. The fourth-order valence-electron chi connectivity index (χ4n) is 3.09. The van der Waals surface area contributed by atoms with E-state index in [-0.39, 0.29) is 5.97 Å². The van der Waals surface area contributed by atoms with Crippen molar-refractivity contribution in [2.24, 2.45) is 0 Å². The molecule has 0 bridgehead atoms. The van der Waals surface area contributed by atoms with Crippen LogP contribution in [0.15, 0.2) is 54.6 Å². The summed E-state index contributed by atoms with van der Waals surface area (Å²) in [5.74, 6) is -0.148. The Balaban J connectivity index is 2.49. The third-order valence-corrected chi connectivity index (χ3v) is 4.62. The molecule has 0 aromatic heterocycles. The SMILES string of the molecule is CCCC[C@](Cc1ccccc1)(C(=O)OCC)c1ccc(Cl)cc1. The van der Waals surface area contributed by atoms with E-state index in [2.05, 4.69) is 19.1 Å². The van der Waals surface area contributed by atoms with Crippen molar-refractivity contribution in [2.75, 3.05) is 6.61 Å². The first kappa shape index (κ1) is 18.5. The summed E-state index contributed by atoms with van der Waals surface area (Å²) < 4.78 is 5.49. The molecule has 0 heterocycles. The Morgan fingerprint density at radius 2 is 1.71 bits per heavy atom. The van der Waals surface area contributed by atoms with Crippen LogP contribution in [0.2, 0.25) is 5.02 Å². The van der Waals surface area contributed by atoms with Crippen LogP contribution in [-0.4, -0.2) is 12.6 Å². The van der Waals surface area contributed by atoms with Gasteiger partial charge in [-0.25, -0.2) is 0 Å². The standard InChI is InChI=1S/C21H25ClO2/c1-3-5-15-21(20(23)24-4-2,16-17-9-7-6-8-10-17)18-11-13-19(22)14-12-18/h6-14H,3-5,15-16H2,1-2H3/t21-/m1/s1. The second-order valence-corrected chi connectivity index (χ2v) is 6.51. The largest absolute Gasteiger partial charge is 0.465 e. The molecule has 0 fully saturated rings. The van der Waals surface area contributed by atoms with E-state index in [9.17, 15) is 4.79 Å². The molecule has 2 aromatic rings. The van der Waals surface area contributed by atoms with E-state index >= 15 is 0 Å². The van der Waals surface area contributed by atoms with Crippen LogP contribution < -0.4 is 0 Å². The Labute approximate surface area is 149 Å². The zero-order valence-electron chi connectivity index (χ0n) is 14.4. The van der Waals surface area contributed by atoms with E-state index in [1.54, 1.807) is 0 Å². The maximum Gasteiger partial charge on any atom is 0.316 e. The Kier molecular flexibility index (Phi) is 6.86. The van der Waals surface area contributed by atoms with Gasteiger partial charge in [0.25, 0.3) is 0 Å². The average molecular weight is 345 g/mol. The van der Waals surface area contributed by atoms with Gasteiger partial charge in [0.1, 0.15) is 0 Å². The minimum Gasteiger partial charge on any atom is -0.465 e. The van der Waals surface area contributed by atoms with Gasteiger partial charge in [0.15, 0.2) is 0 Å². The number of halogens is 1. The van der Waals surface area contributed by atoms with Crippen molar-refractivity contribution in [3.63, 3.8) is 0 Å². The van der Waals surface area contributed by atoms with Crippen LogP contribution in [0.4, 0.5) is 0 Å². The molecule has 0 N–H and O–H groups in total. The molecule has 0 radical (unpaired) electrons. The third kappa shape index (κ3) is 4.39. The van der Waals surface area contributed by atoms with Gasteiger partial charge < -0.3 is 4.74 Å². The van der Waals surface area contributed by atoms with Gasteiger partial charge in [0.2, 0.25) is 0 Å². The van der Waals surface area contributed by atoms with E-state index in [4.69, 9.17) is 16.3 Å². The topological polar surface area (TPSA) is 26.3 Å². The number of esters is 1. The number of hydrogen-bond donors (Lipinski definition) is 0. The van der Waals surface area contributed by atoms with Gasteiger partial charge in [-0.05, 0) is 43.0 Å². The van der Waals surface area contributed by atoms with Crippen molar-refractivity contribution in [3.8, 4) is 0 Å². The number of unbranched alkanes of at least 4 members (excludes halogenated alkanes) is 1. The Morgan fingerprint density at radius 3 is 2.29 bits per heavy atom. The van der Waals surface area contributed by atoms with Crippen molar-refractivity contribution in [1.82, 2.24) is 0 Å². The molecule has 0 saturated heterocycles. The van der Waals surface area contributed by atoms with Gasteiger partial charge in [0.05, 0.1) is 12.0 Å². The van der Waals surface area contributed by atoms with Crippen LogP contribution in [0.5, 0.6) is 0 Å². The fraction of sp³-hybridized carbons (Fsp3) is 0.381. The van der Waals surface area contributed by atoms with Crippen molar-refractivity contribution in [3.05, 3.63) is 70.7 Å². The lowest BCUT2D eigenvalue weighted by Gasteiger charge is -2.32. The summed E-state index contributed by atoms with van der Waals surface area (Å²) in [5.41, 5.74) is 1.44. The summed E-state index contributed by atoms with van der Waals surface area (Å²) in [6.45, 7) is 4.38. The van der Waals surface area contributed by atoms with Gasteiger partial charge in [-0.3, -0.25) is 4.79 Å². The minimum absolute atomic E-state index is 0.148. The molecule has 0 spiro atoms. The fourth-order valence-corrected chi connectivity index (χ4v) is 3.21. The van der Waals surface area contributed by atoms with Gasteiger partial charge in [0, 0.05) is 5.02 Å². The van der Waals surface area contributed by atoms with Gasteiger partial charge in [-0.15, -0.1) is 0 Å². The molecule has 0 aliphatic carbocycles. The van der Waals surface area contributed by atoms with Crippen LogP contribution in [0.3, 0.4) is 0 Å². The van der Waals surface area contributed by atoms with Crippen LogP contribution in [0.1, 0.15) is 44.2 Å². The number of benzene rings is 2. The van der Waals surface area contributed by atoms with E-state index in [1.165, 1.54) is 0 Å². The molecule has 1 atom stereocenters. The number of carbonyl (C=O) groups is 1. The Hall–Kier alpha value is -1.80. The normalized spacial score (nSPS) is 13.3. The first-order chi connectivity index (χ1) is 11.6. The number of hydrogen-bond acceptors (Lipinski definition) is 2. The predicted octanol–water partition coefficient (Wildman–Crippen LogP) is 5.57. The summed E-state index contributed by atoms with van der Waals surface area (Å²) >= 11 is 6.05. The molecule has 2 rings (SSSR count). The lowest BCUT2D eigenvalue weighted by molar-refractivity contribution is -0.150. The van der Waals surface area contributed by atoms with Gasteiger partial charge >= 0.3 is 5.97 Å². The quantitative estimate of drug-likeness (QED) is 0.585. The molecular weight excluding hydrogens is 320 g/mol. The Morgan fingerprint density at radius 1 is 1.04 bits per heavy atom. The molecule has 0 amide bonds. The summed E-state index contributed by atoms with van der Waals surface area (Å²) in [5, 5.41) is 0.673. The van der Waals surface area contributed by atoms with Crippen molar-refractivity contribution >= 4 is 17.6 Å². The molecule has 24 heavy (non-hydrogen) atoms. The van der Waals surface area contributed by atoms with E-state index in [0.717, 1.165) is 30.4 Å². The number of carbonyl (C=O) groups excluding carboxylic acids is 1. The highest BCUT2D eigenvalue weighted by Crippen LogP contribution is 2.36. The zero-order chi connectivity index (χ0) is 17.4. The average Bonchev–Trinajstić information content (AvgIpc) is 2.60. The molecular formula is C21H25ClO2. The molecule has 2 nitrogen and oxygen atoms in total. The summed E-state index contributed by atoms with van der Waals surface area (Å²) in [4.78, 5) is 13.0. The predicted molar refractivity (Wildman–Crippen MR) is 99.4 cm³/mol. The summed E-state index contributed by atoms with van der Waals surface area (Å²) in [6.07, 6.45) is 3.39. The van der Waals surface area contributed by atoms with Crippen molar-refractivity contribution in [1.29, 1.82) is 0 Å². The molecule has 0 aliphatic heterocycles. The van der Waals surface area contributed by atoms with E-state index in [0.29, 0.717) is 18.1 Å². The molecule has 0 saturated carbocycles. The van der Waals surface area contributed by atoms with Crippen LogP contribution in [-0.2, 0) is 21.4 Å². The lowest BCUT2D eigenvalue weighted by Crippen LogP contribution is -2.40. The molecule has 3 heteroatoms. The second kappa shape index (κ2) is 8.89. The number of rotatable bonds is 8. The highest BCUT2D eigenvalue weighted by molar-refractivity contribution is 6.30. The van der Waals surface area contributed by atoms with Gasteiger partial charge in [-0.1, -0.05) is 73.8 Å². The van der Waals surface area contributed by atoms with Crippen LogP contribution >= 0.6 is 11.6 Å². The summed E-state index contributed by atoms with van der Waals surface area (Å²) in [7, 11) is 0. The molecule has 0 unspecified atom stereocenters. The van der Waals surface area contributed by atoms with E-state index < -0.39 is 5.41 Å². The van der Waals surface area contributed by atoms with E-state index in [1.807, 2.05) is 49.4 Å². The lowest BCUT2D eigenvalue weighted by atomic mass is 9.72. The monoisotopic (exact) mass is 344 g/mol. The maximum atomic E-state index is 13.0. The van der Waals surface area contributed by atoms with Crippen molar-refractivity contribution in [2.45, 2.75) is 44.9 Å². The first-order valence-corrected chi connectivity index (χ1v) is 8.97. The van der Waals surface area contributed by atoms with Crippen LogP contribution in [0.25, 0.3) is 0 Å².